The molecule has 2 aromatic heterocycles. The van der Waals surface area contributed by atoms with Crippen molar-refractivity contribution >= 4 is 22.8 Å². The Bertz CT molecular complexity index is 910. The van der Waals surface area contributed by atoms with Crippen molar-refractivity contribution in [1.29, 1.82) is 0 Å². The van der Waals surface area contributed by atoms with E-state index < -0.39 is 5.91 Å². The summed E-state index contributed by atoms with van der Waals surface area (Å²) < 4.78 is 0. The number of fused-ring (bicyclic) bond motifs is 1. The number of hydrogen-bond acceptors (Lipinski definition) is 6. The molecule has 3 aromatic rings. The summed E-state index contributed by atoms with van der Waals surface area (Å²) in [5.74, 6) is 0.248. The van der Waals surface area contributed by atoms with Crippen molar-refractivity contribution in [1.82, 2.24) is 25.1 Å². The monoisotopic (exact) mass is 337 g/mol. The minimum Gasteiger partial charge on any atom is -0.366 e. The SMILES string of the molecule is CN1CCN(c2ncc(-c3cc(C(N)=O)c4cn[nH]c4c3)cn2)CC1. The maximum Gasteiger partial charge on any atom is 0.249 e. The average molecular weight is 337 g/mol. The number of rotatable bonds is 3. The van der Waals surface area contributed by atoms with Gasteiger partial charge in [0, 0.05) is 49.5 Å². The predicted molar refractivity (Wildman–Crippen MR) is 95.3 cm³/mol. The van der Waals surface area contributed by atoms with Gasteiger partial charge in [0.1, 0.15) is 0 Å². The zero-order valence-corrected chi connectivity index (χ0v) is 13.9. The van der Waals surface area contributed by atoms with Crippen LogP contribution < -0.4 is 10.6 Å². The lowest BCUT2D eigenvalue weighted by Gasteiger charge is -2.32. The molecule has 1 amide bonds. The van der Waals surface area contributed by atoms with Gasteiger partial charge in [-0.2, -0.15) is 5.10 Å². The summed E-state index contributed by atoms with van der Waals surface area (Å²) in [7, 11) is 2.11. The molecular formula is C17H19N7O. The van der Waals surface area contributed by atoms with E-state index in [1.165, 1.54) is 0 Å². The Kier molecular flexibility index (Phi) is 3.81. The number of nitrogens with two attached hydrogens (primary N) is 1. The topological polar surface area (TPSA) is 104 Å². The van der Waals surface area contributed by atoms with Gasteiger partial charge in [0.05, 0.1) is 17.3 Å². The number of aromatic nitrogens is 4. The molecule has 128 valence electrons. The van der Waals surface area contributed by atoms with Crippen molar-refractivity contribution < 1.29 is 4.79 Å². The minimum absolute atomic E-state index is 0.435. The number of anilines is 1. The first-order valence-corrected chi connectivity index (χ1v) is 8.14. The second-order valence-electron chi connectivity index (χ2n) is 6.28. The van der Waals surface area contributed by atoms with E-state index in [1.54, 1.807) is 24.7 Å². The molecule has 25 heavy (non-hydrogen) atoms. The summed E-state index contributed by atoms with van der Waals surface area (Å²) in [6.07, 6.45) is 5.16. The fourth-order valence-electron chi connectivity index (χ4n) is 3.06. The zero-order chi connectivity index (χ0) is 17.4. The van der Waals surface area contributed by atoms with Crippen LogP contribution >= 0.6 is 0 Å². The Morgan fingerprint density at radius 3 is 2.48 bits per heavy atom. The van der Waals surface area contributed by atoms with E-state index in [0.29, 0.717) is 10.9 Å². The van der Waals surface area contributed by atoms with Crippen LogP contribution in [0.2, 0.25) is 0 Å². The fraction of sp³-hybridized carbons (Fsp3) is 0.294. The highest BCUT2D eigenvalue weighted by molar-refractivity contribution is 6.07. The maximum absolute atomic E-state index is 11.7. The standard InChI is InChI=1S/C17H19N7O/c1-23-2-4-24(5-3-23)17-19-8-12(9-20-17)11-6-13(16(18)25)14-10-21-22-15(14)7-11/h6-10H,2-5H2,1H3,(H2,18,25)(H,21,22). The highest BCUT2D eigenvalue weighted by atomic mass is 16.1. The van der Waals surface area contributed by atoms with Gasteiger partial charge in [0.2, 0.25) is 11.9 Å². The lowest BCUT2D eigenvalue weighted by atomic mass is 10.0. The van der Waals surface area contributed by atoms with Crippen LogP contribution in [0.15, 0.2) is 30.7 Å². The summed E-state index contributed by atoms with van der Waals surface area (Å²) in [5.41, 5.74) is 8.35. The molecule has 8 nitrogen and oxygen atoms in total. The third kappa shape index (κ3) is 2.91. The van der Waals surface area contributed by atoms with Crippen molar-refractivity contribution in [3.8, 4) is 11.1 Å². The number of carbonyl (C=O) groups excluding carboxylic acids is 1. The molecule has 0 atom stereocenters. The number of benzene rings is 1. The molecule has 1 fully saturated rings. The van der Waals surface area contributed by atoms with Gasteiger partial charge in [0.15, 0.2) is 0 Å². The molecule has 0 saturated carbocycles. The van der Waals surface area contributed by atoms with Crippen LogP contribution in [0.4, 0.5) is 5.95 Å². The third-order valence-corrected chi connectivity index (χ3v) is 4.58. The number of nitrogens with one attached hydrogen (secondary N) is 1. The number of likely N-dealkylation sites (N-methyl/N-ethyl adjacent to an activating group) is 1. The number of primary amides is 1. The molecular weight excluding hydrogens is 318 g/mol. The molecule has 0 bridgehead atoms. The Labute approximate surface area is 144 Å². The summed E-state index contributed by atoms with van der Waals surface area (Å²) in [6.45, 7) is 3.84. The third-order valence-electron chi connectivity index (χ3n) is 4.58. The first kappa shape index (κ1) is 15.5. The van der Waals surface area contributed by atoms with E-state index in [2.05, 4.69) is 37.0 Å². The van der Waals surface area contributed by atoms with Crippen LogP contribution in [-0.4, -0.2) is 64.2 Å². The summed E-state index contributed by atoms with van der Waals surface area (Å²) >= 11 is 0. The molecule has 0 unspecified atom stereocenters. The molecule has 1 saturated heterocycles. The van der Waals surface area contributed by atoms with Gasteiger partial charge < -0.3 is 15.5 Å². The fourth-order valence-corrected chi connectivity index (χ4v) is 3.06. The smallest absolute Gasteiger partial charge is 0.249 e. The van der Waals surface area contributed by atoms with Crippen molar-refractivity contribution in [2.75, 3.05) is 38.1 Å². The van der Waals surface area contributed by atoms with E-state index in [0.717, 1.165) is 48.8 Å². The van der Waals surface area contributed by atoms with Crippen molar-refractivity contribution in [2.24, 2.45) is 5.73 Å². The molecule has 0 spiro atoms. The summed E-state index contributed by atoms with van der Waals surface area (Å²) in [4.78, 5) is 25.2. The van der Waals surface area contributed by atoms with E-state index in [9.17, 15) is 4.79 Å². The lowest BCUT2D eigenvalue weighted by molar-refractivity contribution is 0.100. The van der Waals surface area contributed by atoms with Gasteiger partial charge in [0.25, 0.3) is 0 Å². The molecule has 1 aliphatic rings. The molecule has 0 aliphatic carbocycles. The van der Waals surface area contributed by atoms with Gasteiger partial charge in [-0.1, -0.05) is 0 Å². The number of H-pyrrole nitrogens is 1. The average Bonchev–Trinajstić information content (AvgIpc) is 3.10. The summed E-state index contributed by atoms with van der Waals surface area (Å²) in [5, 5.41) is 7.58. The van der Waals surface area contributed by atoms with Crippen molar-refractivity contribution in [3.05, 3.63) is 36.3 Å². The minimum atomic E-state index is -0.483. The first-order valence-electron chi connectivity index (χ1n) is 8.14. The highest BCUT2D eigenvalue weighted by Crippen LogP contribution is 2.26. The highest BCUT2D eigenvalue weighted by Gasteiger charge is 2.17. The number of piperazine rings is 1. The largest absolute Gasteiger partial charge is 0.366 e. The van der Waals surface area contributed by atoms with Crippen LogP contribution in [0.5, 0.6) is 0 Å². The molecule has 8 heteroatoms. The van der Waals surface area contributed by atoms with Crippen LogP contribution in [0.1, 0.15) is 10.4 Å². The van der Waals surface area contributed by atoms with Gasteiger partial charge >= 0.3 is 0 Å². The molecule has 4 rings (SSSR count). The van der Waals surface area contributed by atoms with Crippen molar-refractivity contribution in [2.45, 2.75) is 0 Å². The number of amides is 1. The van der Waals surface area contributed by atoms with Crippen molar-refractivity contribution in [3.63, 3.8) is 0 Å². The normalized spacial score (nSPS) is 15.6. The Balaban J connectivity index is 1.66. The first-order chi connectivity index (χ1) is 12.1. The predicted octanol–water partition coefficient (Wildman–Crippen LogP) is 0.871. The van der Waals surface area contributed by atoms with E-state index in [-0.39, 0.29) is 0 Å². The lowest BCUT2D eigenvalue weighted by Crippen LogP contribution is -2.45. The number of aromatic amines is 1. The van der Waals surface area contributed by atoms with Crippen LogP contribution in [0.3, 0.4) is 0 Å². The quantitative estimate of drug-likeness (QED) is 0.735. The van der Waals surface area contributed by atoms with Crippen LogP contribution in [-0.2, 0) is 0 Å². The van der Waals surface area contributed by atoms with E-state index in [4.69, 9.17) is 5.73 Å². The van der Waals surface area contributed by atoms with Gasteiger partial charge in [-0.05, 0) is 24.7 Å². The van der Waals surface area contributed by atoms with Gasteiger partial charge in [-0.15, -0.1) is 0 Å². The number of hydrogen-bond donors (Lipinski definition) is 2. The maximum atomic E-state index is 11.7. The second kappa shape index (κ2) is 6.14. The Hall–Kier alpha value is -3.00. The molecule has 0 radical (unpaired) electrons. The van der Waals surface area contributed by atoms with Crippen LogP contribution in [0.25, 0.3) is 22.0 Å². The van der Waals surface area contributed by atoms with Gasteiger partial charge in [-0.25, -0.2) is 9.97 Å². The number of nitrogens with zero attached hydrogens (tertiary/aromatic N) is 5. The number of carbonyl (C=O) groups is 1. The molecule has 1 aromatic carbocycles. The summed E-state index contributed by atoms with van der Waals surface area (Å²) in [6, 6.07) is 3.68. The molecule has 3 heterocycles. The Morgan fingerprint density at radius 1 is 1.08 bits per heavy atom. The molecule has 1 aliphatic heterocycles. The van der Waals surface area contributed by atoms with E-state index in [1.807, 2.05) is 6.07 Å². The molecule has 3 N–H and O–H groups in total. The zero-order valence-electron chi connectivity index (χ0n) is 13.9. The Morgan fingerprint density at radius 2 is 1.80 bits per heavy atom. The van der Waals surface area contributed by atoms with Crippen LogP contribution in [0, 0.1) is 0 Å². The van der Waals surface area contributed by atoms with Gasteiger partial charge in [-0.3, -0.25) is 9.89 Å². The van der Waals surface area contributed by atoms with E-state index >= 15 is 0 Å². The second-order valence-corrected chi connectivity index (χ2v) is 6.28.